The Bertz CT molecular complexity index is 724. The third-order valence-electron chi connectivity index (χ3n) is 4.48. The van der Waals surface area contributed by atoms with E-state index in [1.54, 1.807) is 6.20 Å². The van der Waals surface area contributed by atoms with Crippen LogP contribution in [0.1, 0.15) is 30.2 Å². The van der Waals surface area contributed by atoms with E-state index in [9.17, 15) is 0 Å². The molecule has 1 aromatic heterocycles. The van der Waals surface area contributed by atoms with Gasteiger partial charge in [-0.15, -0.1) is 0 Å². The molecule has 1 fully saturated rings. The zero-order valence-corrected chi connectivity index (χ0v) is 16.1. The number of hydrogen-bond acceptors (Lipinski definition) is 4. The highest BCUT2D eigenvalue weighted by molar-refractivity contribution is 5.79. The number of rotatable bonds is 8. The molecule has 1 aromatic carbocycles. The van der Waals surface area contributed by atoms with Crippen LogP contribution in [0.5, 0.6) is 5.75 Å². The number of nitrogens with one attached hydrogen (secondary N) is 3. The average molecular weight is 371 g/mol. The average Bonchev–Trinajstić information content (AvgIpc) is 3.37. The molecular weight excluding hydrogens is 342 g/mol. The van der Waals surface area contributed by atoms with Crippen molar-refractivity contribution in [2.24, 2.45) is 10.9 Å². The molecule has 0 amide bonds. The molecular formula is C20H29N5O2. The second-order valence-corrected chi connectivity index (χ2v) is 6.78. The summed E-state index contributed by atoms with van der Waals surface area (Å²) >= 11 is 0. The molecule has 2 heterocycles. The predicted octanol–water partition coefficient (Wildman–Crippen LogP) is 2.39. The SMILES string of the molecule is CCNC(=NCc1ccc(C)cc1OCC1CCOC1)NCc1ccn[nH]1. The number of aliphatic imine (C=N–C) groups is 1. The normalized spacial score (nSPS) is 17.1. The minimum atomic E-state index is 0.482. The van der Waals surface area contributed by atoms with Crippen molar-refractivity contribution in [1.82, 2.24) is 20.8 Å². The smallest absolute Gasteiger partial charge is 0.191 e. The Morgan fingerprint density at radius 1 is 1.37 bits per heavy atom. The second kappa shape index (κ2) is 9.97. The van der Waals surface area contributed by atoms with Crippen molar-refractivity contribution in [3.8, 4) is 5.75 Å². The first-order valence-corrected chi connectivity index (χ1v) is 9.55. The van der Waals surface area contributed by atoms with Crippen molar-refractivity contribution >= 4 is 5.96 Å². The van der Waals surface area contributed by atoms with Gasteiger partial charge in [0.05, 0.1) is 32.0 Å². The van der Waals surface area contributed by atoms with E-state index in [1.807, 2.05) is 6.07 Å². The second-order valence-electron chi connectivity index (χ2n) is 6.78. The zero-order valence-electron chi connectivity index (χ0n) is 16.1. The predicted molar refractivity (Wildman–Crippen MR) is 106 cm³/mol. The van der Waals surface area contributed by atoms with Crippen LogP contribution in [-0.2, 0) is 17.8 Å². The summed E-state index contributed by atoms with van der Waals surface area (Å²) in [6, 6.07) is 8.22. The summed E-state index contributed by atoms with van der Waals surface area (Å²) < 4.78 is 11.5. The van der Waals surface area contributed by atoms with E-state index in [4.69, 9.17) is 14.5 Å². The number of aromatic nitrogens is 2. The largest absolute Gasteiger partial charge is 0.493 e. The summed E-state index contributed by atoms with van der Waals surface area (Å²) in [6.45, 7) is 8.45. The van der Waals surface area contributed by atoms with Gasteiger partial charge < -0.3 is 20.1 Å². The van der Waals surface area contributed by atoms with Gasteiger partial charge in [0.15, 0.2) is 5.96 Å². The van der Waals surface area contributed by atoms with Gasteiger partial charge in [0, 0.05) is 30.8 Å². The molecule has 3 N–H and O–H groups in total. The van der Waals surface area contributed by atoms with Crippen molar-refractivity contribution < 1.29 is 9.47 Å². The summed E-state index contributed by atoms with van der Waals surface area (Å²) in [4.78, 5) is 4.71. The summed E-state index contributed by atoms with van der Waals surface area (Å²) in [6.07, 6.45) is 2.81. The topological polar surface area (TPSA) is 83.6 Å². The number of aromatic amines is 1. The number of benzene rings is 1. The molecule has 2 aromatic rings. The fourth-order valence-electron chi connectivity index (χ4n) is 2.92. The molecule has 1 atom stereocenters. The number of guanidine groups is 1. The van der Waals surface area contributed by atoms with E-state index < -0.39 is 0 Å². The molecule has 0 saturated carbocycles. The molecule has 0 radical (unpaired) electrons. The fourth-order valence-corrected chi connectivity index (χ4v) is 2.92. The highest BCUT2D eigenvalue weighted by atomic mass is 16.5. The van der Waals surface area contributed by atoms with Gasteiger partial charge in [-0.2, -0.15) is 5.10 Å². The van der Waals surface area contributed by atoms with Crippen LogP contribution in [0.3, 0.4) is 0 Å². The van der Waals surface area contributed by atoms with Gasteiger partial charge in [-0.3, -0.25) is 5.10 Å². The lowest BCUT2D eigenvalue weighted by atomic mass is 10.1. The molecule has 0 spiro atoms. The molecule has 146 valence electrons. The maximum Gasteiger partial charge on any atom is 0.191 e. The lowest BCUT2D eigenvalue weighted by Gasteiger charge is -2.15. The maximum absolute atomic E-state index is 6.11. The first kappa shape index (κ1) is 19.2. The fraction of sp³-hybridized carbons (Fsp3) is 0.500. The monoisotopic (exact) mass is 371 g/mol. The lowest BCUT2D eigenvalue weighted by Crippen LogP contribution is -2.36. The Morgan fingerprint density at radius 2 is 2.30 bits per heavy atom. The molecule has 0 bridgehead atoms. The maximum atomic E-state index is 6.11. The highest BCUT2D eigenvalue weighted by Gasteiger charge is 2.17. The van der Waals surface area contributed by atoms with Crippen LogP contribution in [0.25, 0.3) is 0 Å². The first-order chi connectivity index (χ1) is 13.2. The summed E-state index contributed by atoms with van der Waals surface area (Å²) in [5.41, 5.74) is 3.28. The van der Waals surface area contributed by atoms with Crippen LogP contribution in [0.15, 0.2) is 35.5 Å². The molecule has 7 nitrogen and oxygen atoms in total. The van der Waals surface area contributed by atoms with Crippen LogP contribution in [0, 0.1) is 12.8 Å². The van der Waals surface area contributed by atoms with Crippen molar-refractivity contribution in [2.75, 3.05) is 26.4 Å². The van der Waals surface area contributed by atoms with E-state index in [0.717, 1.165) is 49.1 Å². The molecule has 27 heavy (non-hydrogen) atoms. The molecule has 1 saturated heterocycles. The first-order valence-electron chi connectivity index (χ1n) is 9.55. The van der Waals surface area contributed by atoms with E-state index in [-0.39, 0.29) is 0 Å². The van der Waals surface area contributed by atoms with Gasteiger partial charge in [0.1, 0.15) is 5.75 Å². The van der Waals surface area contributed by atoms with Crippen LogP contribution in [0.4, 0.5) is 0 Å². The van der Waals surface area contributed by atoms with Crippen LogP contribution < -0.4 is 15.4 Å². The molecule has 3 rings (SSSR count). The van der Waals surface area contributed by atoms with Crippen molar-refractivity contribution in [2.45, 2.75) is 33.4 Å². The van der Waals surface area contributed by atoms with Gasteiger partial charge in [-0.1, -0.05) is 12.1 Å². The Balaban J connectivity index is 1.63. The lowest BCUT2D eigenvalue weighted by molar-refractivity contribution is 0.166. The minimum Gasteiger partial charge on any atom is -0.493 e. The summed E-state index contributed by atoms with van der Waals surface area (Å²) in [5, 5.41) is 13.5. The summed E-state index contributed by atoms with van der Waals surface area (Å²) in [5.74, 6) is 2.16. The number of hydrogen-bond donors (Lipinski definition) is 3. The molecule has 1 aliphatic heterocycles. The van der Waals surface area contributed by atoms with Gasteiger partial charge in [0.2, 0.25) is 0 Å². The molecule has 7 heteroatoms. The van der Waals surface area contributed by atoms with Gasteiger partial charge in [-0.05, 0) is 38.0 Å². The Morgan fingerprint density at radius 3 is 3.04 bits per heavy atom. The molecule has 0 aliphatic carbocycles. The number of ether oxygens (including phenoxy) is 2. The van der Waals surface area contributed by atoms with E-state index >= 15 is 0 Å². The standard InChI is InChI=1S/C20H29N5O2/c1-3-21-20(23-12-18-6-8-24-25-18)22-11-17-5-4-15(2)10-19(17)27-14-16-7-9-26-13-16/h4-6,8,10,16H,3,7,9,11-14H2,1-2H3,(H,24,25)(H2,21,22,23). The van der Waals surface area contributed by atoms with Crippen LogP contribution in [0.2, 0.25) is 0 Å². The van der Waals surface area contributed by atoms with Crippen LogP contribution in [-0.4, -0.2) is 42.5 Å². The third-order valence-corrected chi connectivity index (χ3v) is 4.48. The van der Waals surface area contributed by atoms with Crippen molar-refractivity contribution in [3.63, 3.8) is 0 Å². The quantitative estimate of drug-likeness (QED) is 0.490. The number of nitrogens with zero attached hydrogens (tertiary/aromatic N) is 2. The van der Waals surface area contributed by atoms with E-state index in [1.165, 1.54) is 5.56 Å². The number of aryl methyl sites for hydroxylation is 1. The van der Waals surface area contributed by atoms with Crippen molar-refractivity contribution in [3.05, 3.63) is 47.3 Å². The highest BCUT2D eigenvalue weighted by Crippen LogP contribution is 2.23. The van der Waals surface area contributed by atoms with E-state index in [0.29, 0.717) is 25.6 Å². The van der Waals surface area contributed by atoms with Crippen molar-refractivity contribution in [1.29, 1.82) is 0 Å². The van der Waals surface area contributed by atoms with Gasteiger partial charge >= 0.3 is 0 Å². The van der Waals surface area contributed by atoms with Gasteiger partial charge in [-0.25, -0.2) is 4.99 Å². The molecule has 1 aliphatic rings. The Labute approximate surface area is 160 Å². The van der Waals surface area contributed by atoms with Crippen LogP contribution >= 0.6 is 0 Å². The Hall–Kier alpha value is -2.54. The Kier molecular flexibility index (Phi) is 7.10. The zero-order chi connectivity index (χ0) is 18.9. The summed E-state index contributed by atoms with van der Waals surface area (Å²) in [7, 11) is 0. The molecule has 1 unspecified atom stereocenters. The van der Waals surface area contributed by atoms with Gasteiger partial charge in [0.25, 0.3) is 0 Å². The third kappa shape index (κ3) is 5.99. The minimum absolute atomic E-state index is 0.482. The number of H-pyrrole nitrogens is 1. The van der Waals surface area contributed by atoms with E-state index in [2.05, 4.69) is 52.9 Å².